The molecule has 0 spiro atoms. The van der Waals surface area contributed by atoms with Crippen LogP contribution in [0.5, 0.6) is 0 Å². The topological polar surface area (TPSA) is 78.9 Å². The van der Waals surface area contributed by atoms with E-state index in [1.807, 2.05) is 0 Å². The summed E-state index contributed by atoms with van der Waals surface area (Å²) in [6, 6.07) is 0. The van der Waals surface area contributed by atoms with E-state index in [0.29, 0.717) is 19.3 Å². The summed E-state index contributed by atoms with van der Waals surface area (Å²) in [5.74, 6) is -0.876. The van der Waals surface area contributed by atoms with Gasteiger partial charge in [-0.15, -0.1) is 0 Å². The molecule has 67 heavy (non-hydrogen) atoms. The van der Waals surface area contributed by atoms with Gasteiger partial charge in [-0.3, -0.25) is 14.4 Å². The third-order valence-electron chi connectivity index (χ3n) is 12.8. The largest absolute Gasteiger partial charge is 0.462 e. The lowest BCUT2D eigenvalue weighted by Crippen LogP contribution is -2.30. The van der Waals surface area contributed by atoms with Gasteiger partial charge in [-0.25, -0.2) is 0 Å². The molecule has 0 aromatic heterocycles. The summed E-state index contributed by atoms with van der Waals surface area (Å²) in [6.07, 6.45) is 68.0. The van der Waals surface area contributed by atoms with Gasteiger partial charge in [0.15, 0.2) is 6.10 Å². The van der Waals surface area contributed by atoms with Crippen molar-refractivity contribution in [3.05, 3.63) is 48.6 Å². The zero-order valence-corrected chi connectivity index (χ0v) is 44.7. The summed E-state index contributed by atoms with van der Waals surface area (Å²) in [6.45, 7) is 6.61. The second-order valence-corrected chi connectivity index (χ2v) is 19.6. The van der Waals surface area contributed by atoms with Gasteiger partial charge in [-0.1, -0.05) is 249 Å². The van der Waals surface area contributed by atoms with E-state index in [2.05, 4.69) is 69.4 Å². The molecule has 0 amide bonds. The maximum atomic E-state index is 12.9. The van der Waals surface area contributed by atoms with Crippen LogP contribution in [0.1, 0.15) is 303 Å². The predicted octanol–water partition coefficient (Wildman–Crippen LogP) is 19.4. The smallest absolute Gasteiger partial charge is 0.306 e. The average molecular weight is 940 g/mol. The summed E-state index contributed by atoms with van der Waals surface area (Å²) in [4.78, 5) is 38.2. The SMILES string of the molecule is CCCCC/C=C\C/C=C\CCCCCCCCCC(=O)OCC(COC(=O)CCCCCCCCC/C=C\C/C=C\CCCCC)OC(=O)CCCCCCCCCCCCCCCCC. The molecular weight excluding hydrogens is 829 g/mol. The van der Waals surface area contributed by atoms with Crippen LogP contribution in [0.3, 0.4) is 0 Å². The number of unbranched alkanes of at least 4 members (excludes halogenated alkanes) is 34. The fraction of sp³-hybridized carbons (Fsp3) is 0.820. The molecule has 0 aliphatic heterocycles. The normalized spacial score (nSPS) is 11.9. The number of hydrogen-bond donors (Lipinski definition) is 0. The van der Waals surface area contributed by atoms with Crippen LogP contribution in [0.25, 0.3) is 0 Å². The zero-order chi connectivity index (χ0) is 48.6. The minimum absolute atomic E-state index is 0.0770. The Morgan fingerprint density at radius 1 is 0.299 bits per heavy atom. The van der Waals surface area contributed by atoms with Crippen molar-refractivity contribution in [2.24, 2.45) is 0 Å². The maximum absolute atomic E-state index is 12.9. The highest BCUT2D eigenvalue weighted by molar-refractivity contribution is 5.71. The maximum Gasteiger partial charge on any atom is 0.306 e. The molecule has 0 fully saturated rings. The second kappa shape index (κ2) is 56.0. The third kappa shape index (κ3) is 54.2. The standard InChI is InChI=1S/C61H110O6/c1-4-7-10-13-16-19-22-25-28-30-33-35-38-41-44-47-50-53-59(62)65-56-58(67-61(64)55-52-49-46-43-40-37-32-27-24-21-18-15-12-9-6-3)57-66-60(63)54-51-48-45-42-39-36-34-31-29-26-23-20-17-14-11-8-5-2/h16-17,19-20,25-26,28-29,58H,4-15,18,21-24,27,30-57H2,1-3H3/b19-16-,20-17-,28-25-,29-26-. The highest BCUT2D eigenvalue weighted by Crippen LogP contribution is 2.16. The van der Waals surface area contributed by atoms with Crippen LogP contribution in [-0.4, -0.2) is 37.2 Å². The molecule has 0 heterocycles. The van der Waals surface area contributed by atoms with E-state index >= 15 is 0 Å². The molecule has 0 aromatic rings. The summed E-state index contributed by atoms with van der Waals surface area (Å²) in [5.41, 5.74) is 0. The Labute approximate surface area is 416 Å². The van der Waals surface area contributed by atoms with Gasteiger partial charge in [0.2, 0.25) is 0 Å². The molecule has 0 aliphatic rings. The first-order valence-corrected chi connectivity index (χ1v) is 29.1. The molecular formula is C61H110O6. The lowest BCUT2D eigenvalue weighted by molar-refractivity contribution is -0.167. The minimum Gasteiger partial charge on any atom is -0.462 e. The molecule has 0 bridgehead atoms. The van der Waals surface area contributed by atoms with E-state index in [1.165, 1.54) is 180 Å². The molecule has 6 heteroatoms. The lowest BCUT2D eigenvalue weighted by atomic mass is 10.0. The fourth-order valence-corrected chi connectivity index (χ4v) is 8.39. The van der Waals surface area contributed by atoms with Crippen molar-refractivity contribution in [2.45, 2.75) is 309 Å². The highest BCUT2D eigenvalue weighted by Gasteiger charge is 2.19. The Kier molecular flexibility index (Phi) is 53.8. The summed E-state index contributed by atoms with van der Waals surface area (Å²) in [7, 11) is 0. The van der Waals surface area contributed by atoms with E-state index in [-0.39, 0.29) is 31.1 Å². The number of esters is 3. The van der Waals surface area contributed by atoms with Gasteiger partial charge in [0.1, 0.15) is 13.2 Å². The third-order valence-corrected chi connectivity index (χ3v) is 12.8. The summed E-state index contributed by atoms with van der Waals surface area (Å²) < 4.78 is 16.9. The molecule has 0 saturated heterocycles. The van der Waals surface area contributed by atoms with Crippen LogP contribution in [0.15, 0.2) is 48.6 Å². The molecule has 0 atom stereocenters. The first-order chi connectivity index (χ1) is 33.0. The van der Waals surface area contributed by atoms with Crippen LogP contribution in [0, 0.1) is 0 Å². The molecule has 0 unspecified atom stereocenters. The Morgan fingerprint density at radius 3 is 0.851 bits per heavy atom. The monoisotopic (exact) mass is 939 g/mol. The van der Waals surface area contributed by atoms with Crippen LogP contribution in [-0.2, 0) is 28.6 Å². The van der Waals surface area contributed by atoms with Crippen LogP contribution in [0.2, 0.25) is 0 Å². The average Bonchev–Trinajstić information content (AvgIpc) is 3.33. The van der Waals surface area contributed by atoms with E-state index in [4.69, 9.17) is 14.2 Å². The van der Waals surface area contributed by atoms with Crippen molar-refractivity contribution in [3.8, 4) is 0 Å². The summed E-state index contributed by atoms with van der Waals surface area (Å²) >= 11 is 0. The zero-order valence-electron chi connectivity index (χ0n) is 44.7. The number of hydrogen-bond acceptors (Lipinski definition) is 6. The molecule has 0 aromatic carbocycles. The van der Waals surface area contributed by atoms with E-state index < -0.39 is 6.10 Å². The van der Waals surface area contributed by atoms with Gasteiger partial charge in [0.05, 0.1) is 0 Å². The van der Waals surface area contributed by atoms with E-state index in [0.717, 1.165) is 83.5 Å². The van der Waals surface area contributed by atoms with Gasteiger partial charge >= 0.3 is 17.9 Å². The molecule has 0 saturated carbocycles. The quantitative estimate of drug-likeness (QED) is 0.0262. The Bertz CT molecular complexity index is 1100. The number of ether oxygens (including phenoxy) is 3. The number of carbonyl (C=O) groups excluding carboxylic acids is 3. The Balaban J connectivity index is 4.37. The van der Waals surface area contributed by atoms with Crippen molar-refractivity contribution in [2.75, 3.05) is 13.2 Å². The number of carbonyl (C=O) groups is 3. The van der Waals surface area contributed by atoms with Crippen LogP contribution in [0.4, 0.5) is 0 Å². The predicted molar refractivity (Wildman–Crippen MR) is 289 cm³/mol. The van der Waals surface area contributed by atoms with Crippen LogP contribution >= 0.6 is 0 Å². The van der Waals surface area contributed by atoms with Gasteiger partial charge in [-0.05, 0) is 83.5 Å². The van der Waals surface area contributed by atoms with Crippen molar-refractivity contribution in [3.63, 3.8) is 0 Å². The van der Waals surface area contributed by atoms with E-state index in [9.17, 15) is 14.4 Å². The second-order valence-electron chi connectivity index (χ2n) is 19.6. The van der Waals surface area contributed by atoms with Gasteiger partial charge in [0, 0.05) is 19.3 Å². The van der Waals surface area contributed by atoms with Crippen molar-refractivity contribution < 1.29 is 28.6 Å². The molecule has 0 aliphatic carbocycles. The molecule has 390 valence electrons. The van der Waals surface area contributed by atoms with E-state index in [1.54, 1.807) is 0 Å². The molecule has 0 rings (SSSR count). The number of allylic oxidation sites excluding steroid dienone is 8. The molecule has 0 N–H and O–H groups in total. The highest BCUT2D eigenvalue weighted by atomic mass is 16.6. The van der Waals surface area contributed by atoms with Gasteiger partial charge in [-0.2, -0.15) is 0 Å². The minimum atomic E-state index is -0.777. The number of rotatable bonds is 53. The fourth-order valence-electron chi connectivity index (χ4n) is 8.39. The lowest BCUT2D eigenvalue weighted by Gasteiger charge is -2.18. The Hall–Kier alpha value is -2.63. The van der Waals surface area contributed by atoms with Gasteiger partial charge in [0.25, 0.3) is 0 Å². The molecule has 0 radical (unpaired) electrons. The summed E-state index contributed by atoms with van der Waals surface area (Å²) in [5, 5.41) is 0. The Morgan fingerprint density at radius 2 is 0.537 bits per heavy atom. The first kappa shape index (κ1) is 64.4. The first-order valence-electron chi connectivity index (χ1n) is 29.1. The van der Waals surface area contributed by atoms with Crippen LogP contribution < -0.4 is 0 Å². The van der Waals surface area contributed by atoms with Crippen molar-refractivity contribution in [1.82, 2.24) is 0 Å². The molecule has 6 nitrogen and oxygen atoms in total. The van der Waals surface area contributed by atoms with Crippen molar-refractivity contribution >= 4 is 17.9 Å². The van der Waals surface area contributed by atoms with Gasteiger partial charge < -0.3 is 14.2 Å². The van der Waals surface area contributed by atoms with Crippen molar-refractivity contribution in [1.29, 1.82) is 0 Å².